The SMILES string of the molecule is O=C1C=C(C2=CCCCC2)C1. The quantitative estimate of drug-likeness (QED) is 0.558. The summed E-state index contributed by atoms with van der Waals surface area (Å²) < 4.78 is 0. The van der Waals surface area contributed by atoms with Gasteiger partial charge in [0.15, 0.2) is 5.78 Å². The van der Waals surface area contributed by atoms with Crippen molar-refractivity contribution in [2.75, 3.05) is 0 Å². The van der Waals surface area contributed by atoms with Crippen LogP contribution in [0.5, 0.6) is 0 Å². The second-order valence-electron chi connectivity index (χ2n) is 3.29. The van der Waals surface area contributed by atoms with Crippen molar-refractivity contribution >= 4 is 5.78 Å². The first kappa shape index (κ1) is 6.84. The Bertz CT molecular complexity index is 246. The van der Waals surface area contributed by atoms with E-state index in [4.69, 9.17) is 0 Å². The van der Waals surface area contributed by atoms with Crippen molar-refractivity contribution in [3.63, 3.8) is 0 Å². The van der Waals surface area contributed by atoms with E-state index in [2.05, 4.69) is 6.08 Å². The van der Waals surface area contributed by atoms with E-state index in [0.29, 0.717) is 12.2 Å². The number of rotatable bonds is 1. The molecule has 0 aliphatic heterocycles. The van der Waals surface area contributed by atoms with Crippen LogP contribution in [-0.4, -0.2) is 5.78 Å². The van der Waals surface area contributed by atoms with E-state index in [1.54, 1.807) is 6.08 Å². The lowest BCUT2D eigenvalue weighted by molar-refractivity contribution is -0.115. The number of carbonyl (C=O) groups is 1. The van der Waals surface area contributed by atoms with E-state index in [1.165, 1.54) is 36.8 Å². The van der Waals surface area contributed by atoms with E-state index in [0.717, 1.165) is 0 Å². The fourth-order valence-electron chi connectivity index (χ4n) is 1.69. The van der Waals surface area contributed by atoms with Crippen LogP contribution in [0.25, 0.3) is 0 Å². The monoisotopic (exact) mass is 148 g/mol. The highest BCUT2D eigenvalue weighted by molar-refractivity contribution is 6.00. The molecule has 0 saturated carbocycles. The van der Waals surface area contributed by atoms with Crippen LogP contribution in [0.1, 0.15) is 32.1 Å². The van der Waals surface area contributed by atoms with Crippen molar-refractivity contribution in [2.24, 2.45) is 0 Å². The summed E-state index contributed by atoms with van der Waals surface area (Å²) in [6, 6.07) is 0. The average molecular weight is 148 g/mol. The molecule has 0 unspecified atom stereocenters. The van der Waals surface area contributed by atoms with Crippen LogP contribution in [0.2, 0.25) is 0 Å². The summed E-state index contributed by atoms with van der Waals surface area (Å²) in [7, 11) is 0. The Hall–Kier alpha value is -0.850. The number of ketones is 1. The third kappa shape index (κ3) is 1.28. The molecular weight excluding hydrogens is 136 g/mol. The summed E-state index contributed by atoms with van der Waals surface area (Å²) >= 11 is 0. The van der Waals surface area contributed by atoms with Crippen LogP contribution < -0.4 is 0 Å². The topological polar surface area (TPSA) is 17.1 Å². The summed E-state index contributed by atoms with van der Waals surface area (Å²) in [5.41, 5.74) is 2.74. The molecule has 1 heteroatoms. The summed E-state index contributed by atoms with van der Waals surface area (Å²) in [6.07, 6.45) is 9.81. The second kappa shape index (κ2) is 2.65. The predicted octanol–water partition coefficient (Wildman–Crippen LogP) is 2.39. The maximum Gasteiger partial charge on any atom is 0.160 e. The smallest absolute Gasteiger partial charge is 0.160 e. The van der Waals surface area contributed by atoms with Crippen molar-refractivity contribution in [3.05, 3.63) is 23.3 Å². The molecule has 2 rings (SSSR count). The molecule has 58 valence electrons. The highest BCUT2D eigenvalue weighted by Crippen LogP contribution is 2.30. The van der Waals surface area contributed by atoms with Gasteiger partial charge in [-0.05, 0) is 42.9 Å². The third-order valence-corrected chi connectivity index (χ3v) is 2.40. The van der Waals surface area contributed by atoms with Gasteiger partial charge in [0.1, 0.15) is 0 Å². The molecule has 0 N–H and O–H groups in total. The molecule has 0 bridgehead atoms. The fourth-order valence-corrected chi connectivity index (χ4v) is 1.69. The van der Waals surface area contributed by atoms with Crippen molar-refractivity contribution in [3.8, 4) is 0 Å². The number of allylic oxidation sites excluding steroid dienone is 4. The van der Waals surface area contributed by atoms with Crippen molar-refractivity contribution < 1.29 is 4.79 Å². The zero-order valence-electron chi connectivity index (χ0n) is 6.60. The van der Waals surface area contributed by atoms with Crippen LogP contribution in [0.4, 0.5) is 0 Å². The van der Waals surface area contributed by atoms with Gasteiger partial charge >= 0.3 is 0 Å². The maximum absolute atomic E-state index is 10.6. The Morgan fingerprint density at radius 2 is 2.00 bits per heavy atom. The van der Waals surface area contributed by atoms with E-state index in [9.17, 15) is 4.79 Å². The minimum atomic E-state index is 0.298. The first-order valence-corrected chi connectivity index (χ1v) is 4.29. The lowest BCUT2D eigenvalue weighted by atomic mass is 9.85. The van der Waals surface area contributed by atoms with Gasteiger partial charge in [-0.25, -0.2) is 0 Å². The van der Waals surface area contributed by atoms with Gasteiger partial charge < -0.3 is 0 Å². The van der Waals surface area contributed by atoms with E-state index in [-0.39, 0.29) is 0 Å². The Morgan fingerprint density at radius 1 is 1.18 bits per heavy atom. The van der Waals surface area contributed by atoms with Gasteiger partial charge in [0.05, 0.1) is 0 Å². The zero-order valence-corrected chi connectivity index (χ0v) is 6.60. The third-order valence-electron chi connectivity index (χ3n) is 2.40. The van der Waals surface area contributed by atoms with Crippen LogP contribution in [0.15, 0.2) is 23.3 Å². The fraction of sp³-hybridized carbons (Fsp3) is 0.500. The van der Waals surface area contributed by atoms with Gasteiger partial charge in [-0.3, -0.25) is 4.79 Å². The van der Waals surface area contributed by atoms with Gasteiger partial charge in [-0.2, -0.15) is 0 Å². The normalized spacial score (nSPS) is 23.8. The van der Waals surface area contributed by atoms with Crippen LogP contribution in [0, 0.1) is 0 Å². The molecule has 0 aromatic carbocycles. The Labute approximate surface area is 66.8 Å². The molecular formula is C10H12O. The predicted molar refractivity (Wildman–Crippen MR) is 44.3 cm³/mol. The molecule has 0 amide bonds. The van der Waals surface area contributed by atoms with E-state index < -0.39 is 0 Å². The molecule has 0 fully saturated rings. The molecule has 11 heavy (non-hydrogen) atoms. The van der Waals surface area contributed by atoms with Crippen LogP contribution in [-0.2, 0) is 4.79 Å². The number of hydrogen-bond acceptors (Lipinski definition) is 1. The minimum Gasteiger partial charge on any atom is -0.294 e. The summed E-state index contributed by atoms with van der Waals surface area (Å²) in [6.45, 7) is 0. The molecule has 0 aromatic rings. The molecule has 0 aromatic heterocycles. The molecule has 0 heterocycles. The summed E-state index contributed by atoms with van der Waals surface area (Å²) in [4.78, 5) is 10.6. The highest BCUT2D eigenvalue weighted by atomic mass is 16.1. The molecule has 2 aliphatic carbocycles. The standard InChI is InChI=1S/C10H12O/c11-10-6-9(7-10)8-4-2-1-3-5-8/h4,6H,1-3,5,7H2. The molecule has 1 nitrogen and oxygen atoms in total. The lowest BCUT2D eigenvalue weighted by Gasteiger charge is -2.19. The number of hydrogen-bond donors (Lipinski definition) is 0. The first-order valence-electron chi connectivity index (χ1n) is 4.29. The van der Waals surface area contributed by atoms with Gasteiger partial charge in [-0.1, -0.05) is 6.08 Å². The minimum absolute atomic E-state index is 0.298. The molecule has 2 aliphatic rings. The average Bonchev–Trinajstić information content (AvgIpc) is 2.01. The maximum atomic E-state index is 10.6. The van der Waals surface area contributed by atoms with Gasteiger partial charge in [0, 0.05) is 6.42 Å². The lowest BCUT2D eigenvalue weighted by Crippen LogP contribution is -2.11. The van der Waals surface area contributed by atoms with Gasteiger partial charge in [0.2, 0.25) is 0 Å². The van der Waals surface area contributed by atoms with Crippen LogP contribution >= 0.6 is 0 Å². The van der Waals surface area contributed by atoms with Gasteiger partial charge in [0.25, 0.3) is 0 Å². The molecule has 0 saturated heterocycles. The van der Waals surface area contributed by atoms with Crippen molar-refractivity contribution in [2.45, 2.75) is 32.1 Å². The summed E-state index contributed by atoms with van der Waals surface area (Å²) in [5.74, 6) is 0.298. The van der Waals surface area contributed by atoms with E-state index >= 15 is 0 Å². The molecule has 0 radical (unpaired) electrons. The Balaban J connectivity index is 2.10. The molecule has 0 atom stereocenters. The first-order chi connectivity index (χ1) is 5.36. The van der Waals surface area contributed by atoms with Crippen LogP contribution in [0.3, 0.4) is 0 Å². The number of carbonyl (C=O) groups excluding carboxylic acids is 1. The molecule has 0 spiro atoms. The zero-order chi connectivity index (χ0) is 7.68. The Kier molecular flexibility index (Phi) is 1.65. The van der Waals surface area contributed by atoms with E-state index in [1.807, 2.05) is 0 Å². The summed E-state index contributed by atoms with van der Waals surface area (Å²) in [5, 5.41) is 0. The highest BCUT2D eigenvalue weighted by Gasteiger charge is 2.19. The Morgan fingerprint density at radius 3 is 2.55 bits per heavy atom. The largest absolute Gasteiger partial charge is 0.294 e. The van der Waals surface area contributed by atoms with Gasteiger partial charge in [-0.15, -0.1) is 0 Å². The van der Waals surface area contributed by atoms with Crippen molar-refractivity contribution in [1.29, 1.82) is 0 Å². The second-order valence-corrected chi connectivity index (χ2v) is 3.29. The van der Waals surface area contributed by atoms with Crippen molar-refractivity contribution in [1.82, 2.24) is 0 Å².